The van der Waals surface area contributed by atoms with Gasteiger partial charge in [-0.05, 0) is 98.6 Å². The number of benzene rings is 2. The first-order chi connectivity index (χ1) is 15.4. The molecule has 0 unspecified atom stereocenters. The molecule has 0 saturated heterocycles. The second-order valence-electron chi connectivity index (χ2n) is 9.91. The summed E-state index contributed by atoms with van der Waals surface area (Å²) in [5, 5.41) is 5.07. The van der Waals surface area contributed by atoms with Crippen molar-refractivity contribution in [3.8, 4) is 11.5 Å². The van der Waals surface area contributed by atoms with E-state index in [1.54, 1.807) is 6.07 Å². The summed E-state index contributed by atoms with van der Waals surface area (Å²) >= 11 is 15.9. The molecule has 0 spiro atoms. The highest BCUT2D eigenvalue weighted by Gasteiger charge is 2.50. The molecule has 32 heavy (non-hydrogen) atoms. The van der Waals surface area contributed by atoms with Gasteiger partial charge < -0.3 is 14.8 Å². The van der Waals surface area contributed by atoms with Crippen molar-refractivity contribution in [2.45, 2.75) is 64.1 Å². The molecule has 4 aliphatic rings. The van der Waals surface area contributed by atoms with Crippen molar-refractivity contribution in [1.82, 2.24) is 5.32 Å². The lowest BCUT2D eigenvalue weighted by molar-refractivity contribution is -0.0206. The maximum absolute atomic E-state index is 6.14. The van der Waals surface area contributed by atoms with Gasteiger partial charge in [-0.25, -0.2) is 0 Å². The van der Waals surface area contributed by atoms with Gasteiger partial charge in [-0.2, -0.15) is 0 Å². The van der Waals surface area contributed by atoms with Gasteiger partial charge in [-0.3, -0.25) is 0 Å². The summed E-state index contributed by atoms with van der Waals surface area (Å²) in [6.45, 7) is 3.83. The molecule has 4 saturated carbocycles. The Morgan fingerprint density at radius 1 is 0.938 bits per heavy atom. The molecular weight excluding hydrogens is 509 g/mol. The van der Waals surface area contributed by atoms with Gasteiger partial charge in [-0.15, -0.1) is 0 Å². The number of ether oxygens (including phenoxy) is 2. The predicted molar refractivity (Wildman–Crippen MR) is 134 cm³/mol. The van der Waals surface area contributed by atoms with Crippen molar-refractivity contribution >= 4 is 39.1 Å². The first kappa shape index (κ1) is 22.8. The van der Waals surface area contributed by atoms with Crippen LogP contribution in [0.25, 0.3) is 0 Å². The Hall–Kier alpha value is -0.940. The summed E-state index contributed by atoms with van der Waals surface area (Å²) in [5.41, 5.74) is 2.51. The minimum absolute atomic E-state index is 0.336. The summed E-state index contributed by atoms with van der Waals surface area (Å²) < 4.78 is 13.1. The minimum atomic E-state index is 0.336. The minimum Gasteiger partial charge on any atom is -0.490 e. The number of hydrogen-bond acceptors (Lipinski definition) is 3. The molecule has 172 valence electrons. The molecule has 2 aromatic carbocycles. The Bertz CT molecular complexity index is 961. The van der Waals surface area contributed by atoms with Crippen molar-refractivity contribution in [2.75, 3.05) is 6.61 Å². The van der Waals surface area contributed by atoms with Gasteiger partial charge in [0.05, 0.1) is 16.7 Å². The molecule has 1 N–H and O–H groups in total. The molecule has 2 aromatic rings. The second kappa shape index (κ2) is 9.37. The van der Waals surface area contributed by atoms with Crippen molar-refractivity contribution in [1.29, 1.82) is 0 Å². The average molecular weight is 539 g/mol. The van der Waals surface area contributed by atoms with Crippen LogP contribution in [-0.2, 0) is 13.2 Å². The van der Waals surface area contributed by atoms with Crippen molar-refractivity contribution in [2.24, 2.45) is 17.8 Å². The van der Waals surface area contributed by atoms with Gasteiger partial charge in [0.25, 0.3) is 0 Å². The van der Waals surface area contributed by atoms with Crippen LogP contribution >= 0.6 is 39.1 Å². The normalized spacial score (nSPS) is 28.2. The SMILES string of the molecule is CCOc1cc(CNC23CC4CC(CC(C4)C2)C3)c(Br)cc1OCc1ccc(Cl)c(Cl)c1. The molecule has 0 amide bonds. The van der Waals surface area contributed by atoms with Gasteiger partial charge in [-0.1, -0.05) is 45.2 Å². The van der Waals surface area contributed by atoms with E-state index in [-0.39, 0.29) is 0 Å². The molecule has 0 radical (unpaired) electrons. The first-order valence-corrected chi connectivity index (χ1v) is 13.2. The zero-order valence-corrected chi connectivity index (χ0v) is 21.5. The predicted octanol–water partition coefficient (Wildman–Crippen LogP) is 7.79. The van der Waals surface area contributed by atoms with Crippen LogP contribution in [0.1, 0.15) is 56.6 Å². The third-order valence-electron chi connectivity index (χ3n) is 7.48. The lowest BCUT2D eigenvalue weighted by Gasteiger charge is -2.57. The van der Waals surface area contributed by atoms with Crippen LogP contribution in [0.2, 0.25) is 10.0 Å². The third-order valence-corrected chi connectivity index (χ3v) is 8.96. The highest BCUT2D eigenvalue weighted by Crippen LogP contribution is 2.55. The van der Waals surface area contributed by atoms with E-state index in [4.69, 9.17) is 32.7 Å². The Balaban J connectivity index is 1.29. The van der Waals surface area contributed by atoms with Gasteiger partial charge in [0.15, 0.2) is 11.5 Å². The first-order valence-electron chi connectivity index (χ1n) is 11.7. The molecule has 4 fully saturated rings. The van der Waals surface area contributed by atoms with E-state index in [0.717, 1.165) is 45.8 Å². The Labute approximate surface area is 209 Å². The van der Waals surface area contributed by atoms with Crippen LogP contribution in [0.15, 0.2) is 34.8 Å². The molecule has 4 aliphatic carbocycles. The van der Waals surface area contributed by atoms with Crippen molar-refractivity contribution in [3.05, 3.63) is 56.0 Å². The van der Waals surface area contributed by atoms with Crippen LogP contribution < -0.4 is 14.8 Å². The largest absolute Gasteiger partial charge is 0.490 e. The number of rotatable bonds is 8. The number of halogens is 3. The van der Waals surface area contributed by atoms with E-state index >= 15 is 0 Å². The molecule has 6 rings (SSSR count). The summed E-state index contributed by atoms with van der Waals surface area (Å²) in [5.74, 6) is 4.32. The summed E-state index contributed by atoms with van der Waals surface area (Å²) in [6.07, 6.45) is 8.43. The lowest BCUT2D eigenvalue weighted by atomic mass is 9.53. The Morgan fingerprint density at radius 3 is 2.22 bits per heavy atom. The highest BCUT2D eigenvalue weighted by atomic mass is 79.9. The third kappa shape index (κ3) is 4.80. The second-order valence-corrected chi connectivity index (χ2v) is 11.6. The van der Waals surface area contributed by atoms with Crippen LogP contribution in [-0.4, -0.2) is 12.1 Å². The van der Waals surface area contributed by atoms with Crippen LogP contribution in [0.5, 0.6) is 11.5 Å². The standard InChI is InChI=1S/C26H30BrCl2NO2/c1-2-31-24-9-20(14-30-26-11-17-5-18(12-26)7-19(6-17)13-26)21(27)10-25(24)32-15-16-3-4-22(28)23(29)8-16/h3-4,8-10,17-19,30H,2,5-7,11-15H2,1H3. The van der Waals surface area contributed by atoms with E-state index in [1.165, 1.54) is 44.1 Å². The van der Waals surface area contributed by atoms with E-state index in [9.17, 15) is 0 Å². The van der Waals surface area contributed by atoms with Gasteiger partial charge >= 0.3 is 0 Å². The fraction of sp³-hybridized carbons (Fsp3) is 0.538. The summed E-state index contributed by atoms with van der Waals surface area (Å²) in [6, 6.07) is 9.70. The van der Waals surface area contributed by atoms with E-state index in [2.05, 4.69) is 27.3 Å². The van der Waals surface area contributed by atoms with Crippen LogP contribution in [0, 0.1) is 17.8 Å². The Kier molecular flexibility index (Phi) is 6.68. The van der Waals surface area contributed by atoms with E-state index in [0.29, 0.717) is 28.8 Å². The van der Waals surface area contributed by atoms with Gasteiger partial charge in [0, 0.05) is 16.6 Å². The maximum atomic E-state index is 6.14. The Morgan fingerprint density at radius 2 is 1.59 bits per heavy atom. The monoisotopic (exact) mass is 537 g/mol. The molecule has 0 heterocycles. The molecule has 0 aromatic heterocycles. The van der Waals surface area contributed by atoms with E-state index < -0.39 is 0 Å². The lowest BCUT2D eigenvalue weighted by Crippen LogP contribution is -2.58. The molecule has 0 aliphatic heterocycles. The van der Waals surface area contributed by atoms with Crippen LogP contribution in [0.4, 0.5) is 0 Å². The molecular formula is C26H30BrCl2NO2. The number of hydrogen-bond donors (Lipinski definition) is 1. The molecule has 6 heteroatoms. The average Bonchev–Trinajstić information content (AvgIpc) is 2.74. The van der Waals surface area contributed by atoms with Gasteiger partial charge in [0.2, 0.25) is 0 Å². The van der Waals surface area contributed by atoms with Gasteiger partial charge in [0.1, 0.15) is 6.61 Å². The number of nitrogens with one attached hydrogen (secondary N) is 1. The summed E-state index contributed by atoms with van der Waals surface area (Å²) in [7, 11) is 0. The topological polar surface area (TPSA) is 30.5 Å². The van der Waals surface area contributed by atoms with Crippen molar-refractivity contribution < 1.29 is 9.47 Å². The van der Waals surface area contributed by atoms with Crippen molar-refractivity contribution in [3.63, 3.8) is 0 Å². The summed E-state index contributed by atoms with van der Waals surface area (Å²) in [4.78, 5) is 0. The van der Waals surface area contributed by atoms with Crippen LogP contribution in [0.3, 0.4) is 0 Å². The molecule has 0 atom stereocenters. The quantitative estimate of drug-likeness (QED) is 0.372. The zero-order chi connectivity index (χ0) is 22.3. The fourth-order valence-corrected chi connectivity index (χ4v) is 7.28. The zero-order valence-electron chi connectivity index (χ0n) is 18.4. The maximum Gasteiger partial charge on any atom is 0.162 e. The molecule has 4 bridgehead atoms. The molecule has 3 nitrogen and oxygen atoms in total. The fourth-order valence-electron chi connectivity index (χ4n) is 6.49. The van der Waals surface area contributed by atoms with E-state index in [1.807, 2.05) is 25.1 Å². The smallest absolute Gasteiger partial charge is 0.162 e. The highest BCUT2D eigenvalue weighted by molar-refractivity contribution is 9.10.